The van der Waals surface area contributed by atoms with Crippen LogP contribution < -0.4 is 4.90 Å². The van der Waals surface area contributed by atoms with Crippen LogP contribution in [0.5, 0.6) is 0 Å². The average Bonchev–Trinajstić information content (AvgIpc) is 2.55. The highest BCUT2D eigenvalue weighted by atomic mass is 19.1. The third-order valence-electron chi connectivity index (χ3n) is 4.15. The van der Waals surface area contributed by atoms with E-state index in [4.69, 9.17) is 0 Å². The van der Waals surface area contributed by atoms with Gasteiger partial charge in [0.05, 0.1) is 6.20 Å². The fourth-order valence-electron chi connectivity index (χ4n) is 2.83. The van der Waals surface area contributed by atoms with Gasteiger partial charge in [-0.3, -0.25) is 9.88 Å². The predicted molar refractivity (Wildman–Crippen MR) is 80.6 cm³/mol. The number of halogens is 2. The van der Waals surface area contributed by atoms with E-state index in [-0.39, 0.29) is 6.04 Å². The number of nitrogens with zero attached hydrogens (tertiary/aromatic N) is 4. The normalized spacial score (nSPS) is 17.5. The second-order valence-electron chi connectivity index (χ2n) is 5.43. The van der Waals surface area contributed by atoms with Crippen LogP contribution in [0.4, 0.5) is 14.6 Å². The molecule has 0 aliphatic carbocycles. The Hall–Kier alpha value is -2.08. The van der Waals surface area contributed by atoms with Crippen molar-refractivity contribution in [2.24, 2.45) is 0 Å². The summed E-state index contributed by atoms with van der Waals surface area (Å²) in [6.45, 7) is 5.18. The van der Waals surface area contributed by atoms with E-state index in [1.807, 2.05) is 6.92 Å². The standard InChI is InChI=1S/C16H18F2N4/c1-12(14-3-2-13(17)10-15(14)18)21-6-8-22(9-7-21)16-11-19-4-5-20-16/h2-5,10-12H,6-9H2,1H3. The molecule has 4 nitrogen and oxygen atoms in total. The van der Waals surface area contributed by atoms with Crippen LogP contribution in [0.15, 0.2) is 36.8 Å². The molecule has 2 heterocycles. The summed E-state index contributed by atoms with van der Waals surface area (Å²) in [7, 11) is 0. The van der Waals surface area contributed by atoms with Crippen molar-refractivity contribution in [1.82, 2.24) is 14.9 Å². The molecule has 1 aliphatic heterocycles. The van der Waals surface area contributed by atoms with Crippen molar-refractivity contribution in [1.29, 1.82) is 0 Å². The summed E-state index contributed by atoms with van der Waals surface area (Å²) in [5.74, 6) is -0.160. The van der Waals surface area contributed by atoms with Gasteiger partial charge >= 0.3 is 0 Å². The molecule has 1 fully saturated rings. The van der Waals surface area contributed by atoms with Gasteiger partial charge in [0.15, 0.2) is 0 Å². The highest BCUT2D eigenvalue weighted by Gasteiger charge is 2.24. The molecule has 0 bridgehead atoms. The predicted octanol–water partition coefficient (Wildman–Crippen LogP) is 2.64. The number of aromatic nitrogens is 2. The Kier molecular flexibility index (Phi) is 4.29. The number of hydrogen-bond acceptors (Lipinski definition) is 4. The first-order chi connectivity index (χ1) is 10.6. The van der Waals surface area contributed by atoms with Crippen molar-refractivity contribution in [3.8, 4) is 0 Å². The van der Waals surface area contributed by atoms with E-state index in [9.17, 15) is 8.78 Å². The number of anilines is 1. The van der Waals surface area contributed by atoms with Gasteiger partial charge in [-0.15, -0.1) is 0 Å². The molecule has 3 rings (SSSR count). The van der Waals surface area contributed by atoms with Crippen LogP contribution in [-0.2, 0) is 0 Å². The summed E-state index contributed by atoms with van der Waals surface area (Å²) in [5, 5.41) is 0. The molecule has 0 N–H and O–H groups in total. The van der Waals surface area contributed by atoms with Gasteiger partial charge in [0.2, 0.25) is 0 Å². The van der Waals surface area contributed by atoms with Crippen molar-refractivity contribution in [2.45, 2.75) is 13.0 Å². The lowest BCUT2D eigenvalue weighted by Gasteiger charge is -2.38. The Morgan fingerprint density at radius 1 is 1.09 bits per heavy atom. The highest BCUT2D eigenvalue weighted by molar-refractivity contribution is 5.35. The molecule has 1 aliphatic rings. The van der Waals surface area contributed by atoms with E-state index in [2.05, 4.69) is 19.8 Å². The second kappa shape index (κ2) is 6.36. The zero-order chi connectivity index (χ0) is 15.5. The Morgan fingerprint density at radius 2 is 1.86 bits per heavy atom. The Bertz CT molecular complexity index is 627. The summed E-state index contributed by atoms with van der Waals surface area (Å²) in [6, 6.07) is 3.71. The van der Waals surface area contributed by atoms with E-state index in [1.54, 1.807) is 18.6 Å². The summed E-state index contributed by atoms with van der Waals surface area (Å²) in [5.41, 5.74) is 0.536. The molecule has 0 radical (unpaired) electrons. The van der Waals surface area contributed by atoms with Gasteiger partial charge in [0.1, 0.15) is 17.5 Å². The molecule has 0 saturated carbocycles. The van der Waals surface area contributed by atoms with E-state index in [1.165, 1.54) is 12.1 Å². The zero-order valence-corrected chi connectivity index (χ0v) is 12.4. The van der Waals surface area contributed by atoms with Crippen molar-refractivity contribution in [3.63, 3.8) is 0 Å². The average molecular weight is 304 g/mol. The lowest BCUT2D eigenvalue weighted by atomic mass is 10.1. The molecular formula is C16H18F2N4. The second-order valence-corrected chi connectivity index (χ2v) is 5.43. The molecule has 116 valence electrons. The van der Waals surface area contributed by atoms with Gasteiger partial charge in [0, 0.05) is 56.2 Å². The first-order valence-electron chi connectivity index (χ1n) is 7.35. The first-order valence-corrected chi connectivity index (χ1v) is 7.35. The third kappa shape index (κ3) is 3.06. The smallest absolute Gasteiger partial charge is 0.147 e. The Balaban J connectivity index is 1.66. The lowest BCUT2D eigenvalue weighted by Crippen LogP contribution is -2.47. The molecule has 0 spiro atoms. The van der Waals surface area contributed by atoms with Gasteiger partial charge in [-0.2, -0.15) is 0 Å². The van der Waals surface area contributed by atoms with Gasteiger partial charge in [-0.05, 0) is 13.0 Å². The van der Waals surface area contributed by atoms with E-state index in [0.29, 0.717) is 5.56 Å². The maximum absolute atomic E-state index is 13.9. The molecule has 1 atom stereocenters. The minimum Gasteiger partial charge on any atom is -0.353 e. The number of rotatable bonds is 3. The van der Waals surface area contributed by atoms with Crippen LogP contribution in [0, 0.1) is 11.6 Å². The molecule has 1 aromatic carbocycles. The van der Waals surface area contributed by atoms with Crippen molar-refractivity contribution in [2.75, 3.05) is 31.1 Å². The molecule has 1 unspecified atom stereocenters. The minimum absolute atomic E-state index is 0.0791. The molecule has 0 amide bonds. The molecule has 2 aromatic rings. The van der Waals surface area contributed by atoms with Crippen molar-refractivity contribution >= 4 is 5.82 Å². The Labute approximate surface area is 128 Å². The number of hydrogen-bond donors (Lipinski definition) is 0. The maximum Gasteiger partial charge on any atom is 0.147 e. The molecule has 6 heteroatoms. The SMILES string of the molecule is CC(c1ccc(F)cc1F)N1CCN(c2cnccn2)CC1. The van der Waals surface area contributed by atoms with Crippen molar-refractivity contribution in [3.05, 3.63) is 54.0 Å². The zero-order valence-electron chi connectivity index (χ0n) is 12.4. The van der Waals surface area contributed by atoms with E-state index in [0.717, 1.165) is 38.1 Å². The largest absolute Gasteiger partial charge is 0.353 e. The summed E-state index contributed by atoms with van der Waals surface area (Å²) in [6.07, 6.45) is 5.08. The molecule has 1 aromatic heterocycles. The molecule has 1 saturated heterocycles. The van der Waals surface area contributed by atoms with Crippen LogP contribution in [0.1, 0.15) is 18.5 Å². The Morgan fingerprint density at radius 3 is 2.50 bits per heavy atom. The monoisotopic (exact) mass is 304 g/mol. The summed E-state index contributed by atoms with van der Waals surface area (Å²) < 4.78 is 26.9. The van der Waals surface area contributed by atoms with Crippen LogP contribution >= 0.6 is 0 Å². The highest BCUT2D eigenvalue weighted by Crippen LogP contribution is 2.25. The fourth-order valence-corrected chi connectivity index (χ4v) is 2.83. The summed E-state index contributed by atoms with van der Waals surface area (Å²) in [4.78, 5) is 12.7. The molecular weight excluding hydrogens is 286 g/mol. The van der Waals surface area contributed by atoms with Crippen LogP contribution in [0.3, 0.4) is 0 Å². The number of piperazine rings is 1. The third-order valence-corrected chi connectivity index (χ3v) is 4.15. The first kappa shape index (κ1) is 14.8. The fraction of sp³-hybridized carbons (Fsp3) is 0.375. The van der Waals surface area contributed by atoms with Crippen LogP contribution in [0.2, 0.25) is 0 Å². The van der Waals surface area contributed by atoms with Gasteiger partial charge in [0.25, 0.3) is 0 Å². The van der Waals surface area contributed by atoms with E-state index >= 15 is 0 Å². The summed E-state index contributed by atoms with van der Waals surface area (Å²) >= 11 is 0. The van der Waals surface area contributed by atoms with Gasteiger partial charge < -0.3 is 4.90 Å². The van der Waals surface area contributed by atoms with Gasteiger partial charge in [-0.25, -0.2) is 13.8 Å². The lowest BCUT2D eigenvalue weighted by molar-refractivity contribution is 0.194. The van der Waals surface area contributed by atoms with Crippen LogP contribution in [0.25, 0.3) is 0 Å². The topological polar surface area (TPSA) is 32.3 Å². The quantitative estimate of drug-likeness (QED) is 0.872. The molecule has 22 heavy (non-hydrogen) atoms. The van der Waals surface area contributed by atoms with Crippen molar-refractivity contribution < 1.29 is 8.78 Å². The number of benzene rings is 1. The van der Waals surface area contributed by atoms with Gasteiger partial charge in [-0.1, -0.05) is 6.07 Å². The minimum atomic E-state index is -0.541. The maximum atomic E-state index is 13.9. The van der Waals surface area contributed by atoms with E-state index < -0.39 is 11.6 Å². The van der Waals surface area contributed by atoms with Crippen LogP contribution in [-0.4, -0.2) is 41.0 Å².